The molecule has 19 heavy (non-hydrogen) atoms. The zero-order valence-electron chi connectivity index (χ0n) is 9.90. The largest absolute Gasteiger partial charge is 0.451 e. The summed E-state index contributed by atoms with van der Waals surface area (Å²) < 4.78 is 5.59. The molecule has 0 aliphatic rings. The molecule has 0 aromatic carbocycles. The highest BCUT2D eigenvalue weighted by molar-refractivity contribution is 9.10. The third-order valence-corrected chi connectivity index (χ3v) is 3.40. The minimum Gasteiger partial charge on any atom is -0.451 e. The normalized spacial score (nSPS) is 10.2. The van der Waals surface area contributed by atoms with E-state index in [1.54, 1.807) is 12.3 Å². The number of hydrogen-bond acceptors (Lipinski definition) is 5. The van der Waals surface area contributed by atoms with Crippen LogP contribution in [0.2, 0.25) is 0 Å². The lowest BCUT2D eigenvalue weighted by molar-refractivity contribution is -0.119. The third-order valence-electron chi connectivity index (χ3n) is 2.07. The van der Waals surface area contributed by atoms with Crippen LogP contribution in [-0.2, 0) is 9.53 Å². The second-order valence-electron chi connectivity index (χ2n) is 3.65. The van der Waals surface area contributed by atoms with Crippen molar-refractivity contribution in [3.63, 3.8) is 0 Å². The molecule has 1 amide bonds. The molecule has 0 radical (unpaired) electrons. The first-order valence-electron chi connectivity index (χ1n) is 5.27. The molecule has 2 rings (SSSR count). The highest BCUT2D eigenvalue weighted by atomic mass is 79.9. The van der Waals surface area contributed by atoms with Crippen molar-refractivity contribution in [1.82, 2.24) is 9.97 Å². The number of aromatic amines is 1. The molecule has 2 aromatic heterocycles. The van der Waals surface area contributed by atoms with E-state index in [4.69, 9.17) is 4.74 Å². The van der Waals surface area contributed by atoms with Crippen LogP contribution in [-0.4, -0.2) is 28.5 Å². The maximum atomic E-state index is 11.6. The van der Waals surface area contributed by atoms with Crippen LogP contribution >= 0.6 is 27.3 Å². The first-order valence-corrected chi connectivity index (χ1v) is 6.95. The molecule has 0 bridgehead atoms. The second-order valence-corrected chi connectivity index (χ2v) is 5.42. The van der Waals surface area contributed by atoms with Gasteiger partial charge in [-0.05, 0) is 28.9 Å². The van der Waals surface area contributed by atoms with Gasteiger partial charge in [0.2, 0.25) is 0 Å². The monoisotopic (exact) mass is 343 g/mol. The molecular weight excluding hydrogens is 334 g/mol. The molecule has 0 saturated carbocycles. The van der Waals surface area contributed by atoms with E-state index >= 15 is 0 Å². The number of ether oxygens (including phenoxy) is 1. The molecule has 8 heteroatoms. The van der Waals surface area contributed by atoms with E-state index in [2.05, 4.69) is 31.2 Å². The van der Waals surface area contributed by atoms with Gasteiger partial charge in [0, 0.05) is 16.0 Å². The van der Waals surface area contributed by atoms with Crippen molar-refractivity contribution in [2.75, 3.05) is 11.9 Å². The van der Waals surface area contributed by atoms with Crippen molar-refractivity contribution >= 4 is 44.3 Å². The molecule has 100 valence electrons. The number of rotatable bonds is 4. The molecule has 0 saturated heterocycles. The summed E-state index contributed by atoms with van der Waals surface area (Å²) in [7, 11) is 0. The number of aryl methyl sites for hydroxylation is 1. The third kappa shape index (κ3) is 3.90. The number of carbonyl (C=O) groups excluding carboxylic acids is 2. The average Bonchev–Trinajstić information content (AvgIpc) is 2.95. The summed E-state index contributed by atoms with van der Waals surface area (Å²) in [6.45, 7) is 1.48. The van der Waals surface area contributed by atoms with Crippen LogP contribution in [0.5, 0.6) is 0 Å². The maximum absolute atomic E-state index is 11.6. The standard InChI is InChI=1S/C11H10BrN3O3S/c1-6-5-19-11(14-6)15-9(16)4-18-10(17)8-2-7(12)3-13-8/h2-3,5,13H,4H2,1H3,(H,14,15,16). The van der Waals surface area contributed by atoms with E-state index in [9.17, 15) is 9.59 Å². The summed E-state index contributed by atoms with van der Waals surface area (Å²) in [6, 6.07) is 1.57. The second kappa shape index (κ2) is 5.98. The van der Waals surface area contributed by atoms with Gasteiger partial charge in [0.15, 0.2) is 11.7 Å². The van der Waals surface area contributed by atoms with Gasteiger partial charge >= 0.3 is 5.97 Å². The Morgan fingerprint density at radius 3 is 2.95 bits per heavy atom. The highest BCUT2D eigenvalue weighted by Gasteiger charge is 2.12. The molecule has 2 heterocycles. The van der Waals surface area contributed by atoms with Crippen molar-refractivity contribution in [3.8, 4) is 0 Å². The van der Waals surface area contributed by atoms with Gasteiger partial charge in [0.25, 0.3) is 5.91 Å². The molecule has 0 spiro atoms. The van der Waals surface area contributed by atoms with Crippen LogP contribution < -0.4 is 5.32 Å². The van der Waals surface area contributed by atoms with Crippen molar-refractivity contribution in [2.45, 2.75) is 6.92 Å². The molecular formula is C11H10BrN3O3S. The predicted molar refractivity (Wildman–Crippen MR) is 74.3 cm³/mol. The van der Waals surface area contributed by atoms with Crippen molar-refractivity contribution in [1.29, 1.82) is 0 Å². The van der Waals surface area contributed by atoms with Crippen LogP contribution in [0.4, 0.5) is 5.13 Å². The predicted octanol–water partition coefficient (Wildman–Crippen LogP) is 2.34. The molecule has 0 atom stereocenters. The lowest BCUT2D eigenvalue weighted by Crippen LogP contribution is -2.21. The molecule has 2 aromatic rings. The first-order chi connectivity index (χ1) is 9.04. The zero-order chi connectivity index (χ0) is 13.8. The summed E-state index contributed by atoms with van der Waals surface area (Å²) in [5, 5.41) is 4.85. The Morgan fingerprint density at radius 1 is 1.58 bits per heavy atom. The highest BCUT2D eigenvalue weighted by Crippen LogP contribution is 2.14. The number of esters is 1. The Hall–Kier alpha value is -1.67. The number of aromatic nitrogens is 2. The maximum Gasteiger partial charge on any atom is 0.355 e. The summed E-state index contributed by atoms with van der Waals surface area (Å²) in [4.78, 5) is 29.9. The Bertz CT molecular complexity index is 608. The molecule has 0 fully saturated rings. The lowest BCUT2D eigenvalue weighted by atomic mass is 10.4. The number of anilines is 1. The summed E-state index contributed by atoms with van der Waals surface area (Å²) in [5.74, 6) is -1.01. The average molecular weight is 344 g/mol. The van der Waals surface area contributed by atoms with Crippen LogP contribution in [0.15, 0.2) is 22.1 Å². The van der Waals surface area contributed by atoms with Gasteiger partial charge in [0.05, 0.1) is 5.69 Å². The minimum absolute atomic E-state index is 0.282. The van der Waals surface area contributed by atoms with Gasteiger partial charge < -0.3 is 9.72 Å². The Balaban J connectivity index is 1.82. The Labute approximate surface area is 121 Å². The van der Waals surface area contributed by atoms with Gasteiger partial charge in [-0.15, -0.1) is 11.3 Å². The van der Waals surface area contributed by atoms with E-state index < -0.39 is 11.9 Å². The number of carbonyl (C=O) groups is 2. The lowest BCUT2D eigenvalue weighted by Gasteiger charge is -2.03. The molecule has 0 aliphatic carbocycles. The fraction of sp³-hybridized carbons (Fsp3) is 0.182. The van der Waals surface area contributed by atoms with Crippen LogP contribution in [0.1, 0.15) is 16.2 Å². The van der Waals surface area contributed by atoms with Gasteiger partial charge in [-0.2, -0.15) is 0 Å². The summed E-state index contributed by atoms with van der Waals surface area (Å²) >= 11 is 4.52. The quantitative estimate of drug-likeness (QED) is 0.834. The van der Waals surface area contributed by atoms with Crippen molar-refractivity contribution in [3.05, 3.63) is 33.5 Å². The molecule has 6 nitrogen and oxygen atoms in total. The zero-order valence-corrected chi connectivity index (χ0v) is 12.3. The van der Waals surface area contributed by atoms with Crippen LogP contribution in [0, 0.1) is 6.92 Å². The Kier molecular flexibility index (Phi) is 4.33. The van der Waals surface area contributed by atoms with Gasteiger partial charge in [0.1, 0.15) is 5.69 Å². The minimum atomic E-state index is -0.587. The van der Waals surface area contributed by atoms with Crippen molar-refractivity contribution in [2.24, 2.45) is 0 Å². The fourth-order valence-corrected chi connectivity index (χ4v) is 2.31. The molecule has 2 N–H and O–H groups in total. The number of H-pyrrole nitrogens is 1. The smallest absolute Gasteiger partial charge is 0.355 e. The number of nitrogens with zero attached hydrogens (tertiary/aromatic N) is 1. The molecule has 0 aliphatic heterocycles. The van der Waals surface area contributed by atoms with E-state index in [-0.39, 0.29) is 12.3 Å². The van der Waals surface area contributed by atoms with Gasteiger partial charge in [-0.3, -0.25) is 10.1 Å². The van der Waals surface area contributed by atoms with Gasteiger partial charge in [-0.25, -0.2) is 9.78 Å². The summed E-state index contributed by atoms with van der Waals surface area (Å²) in [6.07, 6.45) is 1.61. The van der Waals surface area contributed by atoms with Gasteiger partial charge in [-0.1, -0.05) is 0 Å². The van der Waals surface area contributed by atoms with Crippen LogP contribution in [0.3, 0.4) is 0 Å². The van der Waals surface area contributed by atoms with E-state index in [0.29, 0.717) is 5.13 Å². The fourth-order valence-electron chi connectivity index (χ4n) is 1.26. The van der Waals surface area contributed by atoms with E-state index in [0.717, 1.165) is 10.2 Å². The summed E-state index contributed by atoms with van der Waals surface area (Å²) in [5.41, 5.74) is 1.11. The number of amides is 1. The number of nitrogens with one attached hydrogen (secondary N) is 2. The topological polar surface area (TPSA) is 84.1 Å². The SMILES string of the molecule is Cc1csc(NC(=O)COC(=O)c2cc(Br)c[nH]2)n1. The van der Waals surface area contributed by atoms with Crippen LogP contribution in [0.25, 0.3) is 0 Å². The number of thiazole rings is 1. The van der Waals surface area contributed by atoms with E-state index in [1.165, 1.54) is 11.3 Å². The molecule has 0 unspecified atom stereocenters. The number of hydrogen-bond donors (Lipinski definition) is 2. The van der Waals surface area contributed by atoms with Crippen molar-refractivity contribution < 1.29 is 14.3 Å². The first kappa shape index (κ1) is 13.8. The number of halogens is 1. The Morgan fingerprint density at radius 2 is 2.37 bits per heavy atom. The van der Waals surface area contributed by atoms with E-state index in [1.807, 2.05) is 12.3 Å².